The van der Waals surface area contributed by atoms with Crippen molar-refractivity contribution in [2.24, 2.45) is 0 Å². The first kappa shape index (κ1) is 51.2. The number of carbonyl (C=O) groups is 1. The molecule has 0 aliphatic carbocycles. The van der Waals surface area contributed by atoms with E-state index in [0.717, 1.165) is 11.1 Å². The third kappa shape index (κ3) is 33.4. The van der Waals surface area contributed by atoms with E-state index in [1.165, 1.54) is 12.7 Å². The van der Waals surface area contributed by atoms with Crippen LogP contribution in [0.4, 0.5) is 0 Å². The van der Waals surface area contributed by atoms with Crippen LogP contribution in [-0.4, -0.2) is 183 Å². The third-order valence-corrected chi connectivity index (χ3v) is 7.37. The van der Waals surface area contributed by atoms with Crippen LogP contribution in [0.15, 0.2) is 55.9 Å². The summed E-state index contributed by atoms with van der Waals surface area (Å²) >= 11 is 0. The van der Waals surface area contributed by atoms with Crippen molar-refractivity contribution in [3.8, 4) is 0 Å². The van der Waals surface area contributed by atoms with E-state index in [1.807, 2.05) is 23.2 Å². The van der Waals surface area contributed by atoms with Gasteiger partial charge in [-0.05, 0) is 24.3 Å². The van der Waals surface area contributed by atoms with Gasteiger partial charge in [0.2, 0.25) is 0 Å². The second-order valence-corrected chi connectivity index (χ2v) is 11.8. The number of esters is 1. The number of allylic oxidation sites excluding steroid dienone is 2. The van der Waals surface area contributed by atoms with Crippen molar-refractivity contribution in [2.75, 3.05) is 172 Å². The maximum absolute atomic E-state index is 10.9. The highest BCUT2D eigenvalue weighted by Crippen LogP contribution is 2.17. The van der Waals surface area contributed by atoms with Gasteiger partial charge < -0.3 is 66.5 Å². The van der Waals surface area contributed by atoms with Crippen molar-refractivity contribution in [2.45, 2.75) is 13.3 Å². The van der Waals surface area contributed by atoms with E-state index in [4.69, 9.17) is 56.8 Å². The highest BCUT2D eigenvalue weighted by molar-refractivity contribution is 5.73. The molecule has 0 unspecified atom stereocenters. The lowest BCUT2D eigenvalue weighted by Gasteiger charge is -2.17. The van der Waals surface area contributed by atoms with E-state index < -0.39 is 0 Å². The Labute approximate surface area is 335 Å². The van der Waals surface area contributed by atoms with Gasteiger partial charge in [-0.25, -0.2) is 0 Å². The largest absolute Gasteiger partial charge is 0.469 e. The molecule has 15 heteroatoms. The number of benzene rings is 1. The van der Waals surface area contributed by atoms with Gasteiger partial charge >= 0.3 is 5.97 Å². The molecule has 0 aliphatic rings. The van der Waals surface area contributed by atoms with Crippen LogP contribution in [-0.2, 0) is 66.4 Å². The summed E-state index contributed by atoms with van der Waals surface area (Å²) in [6.07, 6.45) is 5.90. The van der Waals surface area contributed by atoms with E-state index in [1.54, 1.807) is 6.20 Å². The Bertz CT molecular complexity index is 1090. The maximum atomic E-state index is 10.9. The molecule has 56 heavy (non-hydrogen) atoms. The Morgan fingerprint density at radius 1 is 0.536 bits per heavy atom. The van der Waals surface area contributed by atoms with Gasteiger partial charge in [-0.2, -0.15) is 0 Å². The van der Waals surface area contributed by atoms with Crippen LogP contribution in [0, 0.1) is 6.92 Å². The summed E-state index contributed by atoms with van der Waals surface area (Å²) in [6, 6.07) is 8.32. The first-order valence-electron chi connectivity index (χ1n) is 19.4. The van der Waals surface area contributed by atoms with Crippen molar-refractivity contribution in [3.05, 3.63) is 67.0 Å². The fraction of sp³-hybridized carbons (Fsp3) is 0.683. The Morgan fingerprint density at radius 2 is 0.875 bits per heavy atom. The Kier molecular flexibility index (Phi) is 37.0. The van der Waals surface area contributed by atoms with Gasteiger partial charge in [-0.3, -0.25) is 4.79 Å². The Morgan fingerprint density at radius 3 is 1.18 bits per heavy atom. The number of hydrogen-bond donors (Lipinski definition) is 0. The van der Waals surface area contributed by atoms with Crippen molar-refractivity contribution in [1.29, 1.82) is 0 Å². The first-order chi connectivity index (χ1) is 27.6. The lowest BCUT2D eigenvalue weighted by Crippen LogP contribution is -2.18. The number of nitrogens with zero attached hydrogens (tertiary/aromatic N) is 1. The zero-order valence-corrected chi connectivity index (χ0v) is 34.0. The average Bonchev–Trinajstić information content (AvgIpc) is 3.21. The number of methoxy groups -OCH3 is 1. The molecule has 0 fully saturated rings. The van der Waals surface area contributed by atoms with Crippen LogP contribution in [0.25, 0.3) is 5.57 Å². The molecule has 0 spiro atoms. The van der Waals surface area contributed by atoms with Gasteiger partial charge in [0.05, 0.1) is 172 Å². The summed E-state index contributed by atoms with van der Waals surface area (Å²) in [4.78, 5) is 12.9. The molecule has 0 saturated carbocycles. The Hall–Kier alpha value is -2.77. The number of hydrogen-bond acceptors (Lipinski definition) is 15. The third-order valence-electron chi connectivity index (χ3n) is 7.37. The van der Waals surface area contributed by atoms with Gasteiger partial charge in [0.25, 0.3) is 0 Å². The normalized spacial score (nSPS) is 11.6. The molecule has 0 N–H and O–H groups in total. The average molecular weight is 800 g/mol. The summed E-state index contributed by atoms with van der Waals surface area (Å²) in [5.74, 6) is -0.288. The molecule has 322 valence electrons. The quantitative estimate of drug-likeness (QED) is 0.0538. The summed E-state index contributed by atoms with van der Waals surface area (Å²) in [5.41, 5.74) is 3.35. The minimum absolute atomic E-state index is 0.241. The maximum Gasteiger partial charge on any atom is 0.307 e. The first-order valence-corrected chi connectivity index (χ1v) is 19.4. The molecule has 0 amide bonds. The standard InChI is InChI=1S/C41H69NO14/c1-5-39(40-9-7-8-38(3)36-40)37-42(6-2)11-13-46-15-17-48-19-21-50-23-25-52-27-29-54-31-33-56-35-34-55-32-30-53-28-26-51-24-22-49-20-18-47-16-14-45-12-10-41(43)44-4/h5-9,36-37H,1-2,10-35H2,3-4H3/b39-37+. The van der Waals surface area contributed by atoms with Crippen molar-refractivity contribution < 1.29 is 66.4 Å². The Balaban J connectivity index is 1.72. The predicted molar refractivity (Wildman–Crippen MR) is 213 cm³/mol. The number of ether oxygens (including phenoxy) is 13. The predicted octanol–water partition coefficient (Wildman–Crippen LogP) is 3.73. The fourth-order valence-corrected chi connectivity index (χ4v) is 4.41. The fourth-order valence-electron chi connectivity index (χ4n) is 4.41. The van der Waals surface area contributed by atoms with Gasteiger partial charge in [0, 0.05) is 12.7 Å². The highest BCUT2D eigenvalue weighted by Gasteiger charge is 2.03. The molecule has 1 aromatic rings. The second-order valence-electron chi connectivity index (χ2n) is 11.8. The summed E-state index contributed by atoms with van der Waals surface area (Å²) in [6.45, 7) is 22.2. The molecule has 0 heterocycles. The zero-order chi connectivity index (χ0) is 40.4. The monoisotopic (exact) mass is 799 g/mol. The smallest absolute Gasteiger partial charge is 0.307 e. The molecular weight excluding hydrogens is 730 g/mol. The van der Waals surface area contributed by atoms with Crippen LogP contribution < -0.4 is 0 Å². The summed E-state index contributed by atoms with van der Waals surface area (Å²) < 4.78 is 70.4. The molecular formula is C41H69NO14. The minimum atomic E-state index is -0.288. The van der Waals surface area contributed by atoms with Gasteiger partial charge in [0.15, 0.2) is 0 Å². The zero-order valence-electron chi connectivity index (χ0n) is 34.0. The molecule has 15 nitrogen and oxygen atoms in total. The lowest BCUT2D eigenvalue weighted by atomic mass is 10.0. The van der Waals surface area contributed by atoms with Gasteiger partial charge in [-0.1, -0.05) is 49.1 Å². The van der Waals surface area contributed by atoms with E-state index >= 15 is 0 Å². The van der Waals surface area contributed by atoms with Crippen molar-refractivity contribution in [3.63, 3.8) is 0 Å². The van der Waals surface area contributed by atoms with Crippen LogP contribution >= 0.6 is 0 Å². The minimum Gasteiger partial charge on any atom is -0.469 e. The molecule has 1 aromatic carbocycles. The topological polar surface area (TPSA) is 140 Å². The van der Waals surface area contributed by atoms with Crippen molar-refractivity contribution >= 4 is 11.5 Å². The number of carbonyl (C=O) groups excluding carboxylic acids is 1. The van der Waals surface area contributed by atoms with Crippen LogP contribution in [0.3, 0.4) is 0 Å². The molecule has 0 atom stereocenters. The molecule has 0 bridgehead atoms. The van der Waals surface area contributed by atoms with Crippen LogP contribution in [0.2, 0.25) is 0 Å². The molecule has 1 rings (SSSR count). The lowest BCUT2D eigenvalue weighted by molar-refractivity contribution is -0.141. The summed E-state index contributed by atoms with van der Waals surface area (Å²) in [7, 11) is 1.35. The number of aryl methyl sites for hydroxylation is 1. The van der Waals surface area contributed by atoms with E-state index in [9.17, 15) is 4.79 Å². The second kappa shape index (κ2) is 40.4. The van der Waals surface area contributed by atoms with E-state index in [0.29, 0.717) is 165 Å². The molecule has 0 radical (unpaired) electrons. The summed E-state index contributed by atoms with van der Waals surface area (Å²) in [5, 5.41) is 0. The van der Waals surface area contributed by atoms with Crippen LogP contribution in [0.5, 0.6) is 0 Å². The van der Waals surface area contributed by atoms with Crippen molar-refractivity contribution in [1.82, 2.24) is 4.90 Å². The molecule has 0 saturated heterocycles. The van der Waals surface area contributed by atoms with E-state index in [-0.39, 0.29) is 12.4 Å². The van der Waals surface area contributed by atoms with Gasteiger partial charge in [0.1, 0.15) is 0 Å². The SMILES string of the molecule is C=C/C(=C\N(C=C)CCOCCOCCOCCOCCOCCOCCOCCOCCOCCOCCOCCOCCC(=O)OC)c1cccc(C)c1. The highest BCUT2D eigenvalue weighted by atomic mass is 16.6. The van der Waals surface area contributed by atoms with Gasteiger partial charge in [-0.15, -0.1) is 0 Å². The van der Waals surface area contributed by atoms with E-state index in [2.05, 4.69) is 43.0 Å². The number of rotatable bonds is 43. The van der Waals surface area contributed by atoms with Crippen LogP contribution in [0.1, 0.15) is 17.5 Å². The molecule has 0 aliphatic heterocycles. The molecule has 0 aromatic heterocycles.